The highest BCUT2D eigenvalue weighted by atomic mass is 19.4. The van der Waals surface area contributed by atoms with Gasteiger partial charge in [0.2, 0.25) is 5.82 Å². The molecular formula is C29H34F6N4O3. The van der Waals surface area contributed by atoms with Crippen molar-refractivity contribution in [3.63, 3.8) is 0 Å². The summed E-state index contributed by atoms with van der Waals surface area (Å²) < 4.78 is 79.8. The first-order valence-corrected chi connectivity index (χ1v) is 14.2. The van der Waals surface area contributed by atoms with Crippen LogP contribution < -0.4 is 9.80 Å². The second kappa shape index (κ2) is 13.3. The minimum atomic E-state index is -4.78. The molecule has 2 saturated heterocycles. The van der Waals surface area contributed by atoms with E-state index in [4.69, 9.17) is 5.11 Å². The quantitative estimate of drug-likeness (QED) is 0.293. The van der Waals surface area contributed by atoms with Crippen molar-refractivity contribution in [1.82, 2.24) is 9.97 Å². The van der Waals surface area contributed by atoms with Crippen LogP contribution in [0.3, 0.4) is 0 Å². The minimum Gasteiger partial charge on any atom is -0.481 e. The van der Waals surface area contributed by atoms with Gasteiger partial charge in [-0.25, -0.2) is 9.97 Å². The number of aliphatic carboxylic acids is 1. The van der Waals surface area contributed by atoms with E-state index in [1.165, 1.54) is 18.2 Å². The van der Waals surface area contributed by atoms with E-state index in [1.807, 2.05) is 0 Å². The maximum absolute atomic E-state index is 13.8. The van der Waals surface area contributed by atoms with Crippen LogP contribution in [0.15, 0.2) is 30.3 Å². The van der Waals surface area contributed by atoms with Crippen LogP contribution in [-0.2, 0) is 28.4 Å². The van der Waals surface area contributed by atoms with Crippen LogP contribution in [0.2, 0.25) is 0 Å². The van der Waals surface area contributed by atoms with E-state index >= 15 is 0 Å². The smallest absolute Gasteiger partial charge is 0.451 e. The summed E-state index contributed by atoms with van der Waals surface area (Å²) in [6.07, 6.45) is -4.35. The van der Waals surface area contributed by atoms with Gasteiger partial charge in [0.15, 0.2) is 5.78 Å². The van der Waals surface area contributed by atoms with Crippen molar-refractivity contribution >= 4 is 23.4 Å². The van der Waals surface area contributed by atoms with Crippen molar-refractivity contribution in [2.45, 2.75) is 82.6 Å². The van der Waals surface area contributed by atoms with Gasteiger partial charge in [-0.3, -0.25) is 9.59 Å². The third-order valence-electron chi connectivity index (χ3n) is 7.98. The SMILES string of the molecule is O=C(O)CCCC1CCN(c2cc(N3CCC[C@H]3C(=O)CCCc3ccc(C(F)(F)F)cc3)nc(C(F)(F)F)n2)CC1. The van der Waals surface area contributed by atoms with Crippen molar-refractivity contribution in [2.75, 3.05) is 29.4 Å². The number of benzene rings is 1. The van der Waals surface area contributed by atoms with Crippen molar-refractivity contribution in [2.24, 2.45) is 5.92 Å². The van der Waals surface area contributed by atoms with Crippen molar-refractivity contribution in [3.05, 3.63) is 47.3 Å². The number of anilines is 2. The molecule has 13 heteroatoms. The summed E-state index contributed by atoms with van der Waals surface area (Å²) in [4.78, 5) is 34.9. The molecule has 2 fully saturated rings. The molecule has 1 N–H and O–H groups in total. The Hall–Kier alpha value is -3.38. The van der Waals surface area contributed by atoms with Gasteiger partial charge in [0.1, 0.15) is 11.6 Å². The number of piperidine rings is 1. The van der Waals surface area contributed by atoms with Gasteiger partial charge in [0, 0.05) is 38.5 Å². The molecule has 42 heavy (non-hydrogen) atoms. The molecule has 0 amide bonds. The Bertz CT molecular complexity index is 1230. The topological polar surface area (TPSA) is 86.6 Å². The van der Waals surface area contributed by atoms with E-state index < -0.39 is 35.8 Å². The highest BCUT2D eigenvalue weighted by molar-refractivity contribution is 5.87. The molecule has 230 valence electrons. The Morgan fingerprint density at radius 1 is 0.857 bits per heavy atom. The van der Waals surface area contributed by atoms with E-state index in [2.05, 4.69) is 9.97 Å². The highest BCUT2D eigenvalue weighted by Crippen LogP contribution is 2.35. The number of aryl methyl sites for hydroxylation is 1. The van der Waals surface area contributed by atoms with Crippen LogP contribution in [0, 0.1) is 5.92 Å². The van der Waals surface area contributed by atoms with Gasteiger partial charge < -0.3 is 14.9 Å². The molecular weight excluding hydrogens is 566 g/mol. The number of aromatic nitrogens is 2. The third kappa shape index (κ3) is 8.34. The second-order valence-corrected chi connectivity index (χ2v) is 11.0. The Kier molecular flexibility index (Phi) is 9.98. The molecule has 7 nitrogen and oxygen atoms in total. The van der Waals surface area contributed by atoms with Crippen molar-refractivity contribution in [1.29, 1.82) is 0 Å². The lowest BCUT2D eigenvalue weighted by atomic mass is 9.91. The summed E-state index contributed by atoms with van der Waals surface area (Å²) in [5.41, 5.74) is -0.0773. The fourth-order valence-corrected chi connectivity index (χ4v) is 5.72. The van der Waals surface area contributed by atoms with E-state index in [-0.39, 0.29) is 30.3 Å². The van der Waals surface area contributed by atoms with Gasteiger partial charge in [-0.05, 0) is 75.0 Å². The molecule has 2 aliphatic heterocycles. The molecule has 2 aliphatic rings. The number of alkyl halides is 6. The second-order valence-electron chi connectivity index (χ2n) is 11.0. The first kappa shape index (κ1) is 31.6. The number of Topliss-reactive ketones (excluding diaryl/α,β-unsaturated/α-hetero) is 1. The lowest BCUT2D eigenvalue weighted by Crippen LogP contribution is -2.38. The molecule has 0 radical (unpaired) electrons. The third-order valence-corrected chi connectivity index (χ3v) is 7.98. The Labute approximate surface area is 239 Å². The number of nitrogens with zero attached hydrogens (tertiary/aromatic N) is 4. The number of carbonyl (C=O) groups excluding carboxylic acids is 1. The number of carboxylic acid groups (broad SMARTS) is 1. The lowest BCUT2D eigenvalue weighted by Gasteiger charge is -2.34. The molecule has 1 aromatic carbocycles. The number of hydrogen-bond acceptors (Lipinski definition) is 6. The van der Waals surface area contributed by atoms with Gasteiger partial charge >= 0.3 is 18.3 Å². The van der Waals surface area contributed by atoms with Crippen LogP contribution in [0.5, 0.6) is 0 Å². The monoisotopic (exact) mass is 600 g/mol. The Balaban J connectivity index is 1.41. The molecule has 0 saturated carbocycles. The van der Waals surface area contributed by atoms with E-state index in [0.717, 1.165) is 18.6 Å². The number of carboxylic acids is 1. The fourth-order valence-electron chi connectivity index (χ4n) is 5.72. The molecule has 0 aliphatic carbocycles. The predicted octanol–water partition coefficient (Wildman–Crippen LogP) is 6.55. The highest BCUT2D eigenvalue weighted by Gasteiger charge is 2.39. The summed E-state index contributed by atoms with van der Waals surface area (Å²) in [5, 5.41) is 8.84. The number of carbonyl (C=O) groups is 2. The zero-order chi connectivity index (χ0) is 30.5. The summed E-state index contributed by atoms with van der Waals surface area (Å²) in [6, 6.07) is 5.64. The maximum Gasteiger partial charge on any atom is 0.451 e. The Morgan fingerprint density at radius 2 is 1.52 bits per heavy atom. The first-order valence-electron chi connectivity index (χ1n) is 14.2. The molecule has 0 bridgehead atoms. The Morgan fingerprint density at radius 3 is 2.14 bits per heavy atom. The zero-order valence-corrected chi connectivity index (χ0v) is 23.1. The van der Waals surface area contributed by atoms with Crippen LogP contribution in [0.1, 0.15) is 74.7 Å². The van der Waals surface area contributed by atoms with E-state index in [1.54, 1.807) is 9.80 Å². The normalized spacial score (nSPS) is 18.5. The molecule has 0 unspecified atom stereocenters. The zero-order valence-electron chi connectivity index (χ0n) is 23.1. The summed E-state index contributed by atoms with van der Waals surface area (Å²) in [6.45, 7) is 1.34. The standard InChI is InChI=1S/C29H34F6N4O3/c30-28(31,32)21-11-9-19(10-12-21)4-1-7-23(40)22-6-3-15-39(22)25-18-24(36-27(37-25)29(33,34)35)38-16-13-20(14-17-38)5-2-8-26(41)42/h9-12,18,20,22H,1-8,13-17H2,(H,41,42)/t22-/m0/s1. The molecule has 3 heterocycles. The maximum atomic E-state index is 13.8. The number of rotatable bonds is 11. The van der Waals surface area contributed by atoms with Crippen LogP contribution in [-0.4, -0.2) is 52.5 Å². The molecule has 4 rings (SSSR count). The van der Waals surface area contributed by atoms with Crippen molar-refractivity contribution in [3.8, 4) is 0 Å². The van der Waals surface area contributed by atoms with Gasteiger partial charge in [-0.15, -0.1) is 0 Å². The van der Waals surface area contributed by atoms with E-state index in [9.17, 15) is 35.9 Å². The van der Waals surface area contributed by atoms with Crippen molar-refractivity contribution < 1.29 is 41.0 Å². The van der Waals surface area contributed by atoms with Crippen LogP contribution in [0.4, 0.5) is 38.0 Å². The van der Waals surface area contributed by atoms with Gasteiger partial charge in [0.25, 0.3) is 0 Å². The number of halogens is 6. The first-order chi connectivity index (χ1) is 19.8. The molecule has 1 aromatic heterocycles. The fraction of sp³-hybridized carbons (Fsp3) is 0.586. The average molecular weight is 601 g/mol. The molecule has 2 aromatic rings. The minimum absolute atomic E-state index is 0.0505. The van der Waals surface area contributed by atoms with Gasteiger partial charge in [0.05, 0.1) is 11.6 Å². The van der Waals surface area contributed by atoms with Crippen LogP contribution >= 0.6 is 0 Å². The molecule has 0 spiro atoms. The average Bonchev–Trinajstić information content (AvgIpc) is 3.43. The summed E-state index contributed by atoms with van der Waals surface area (Å²) in [7, 11) is 0. The lowest BCUT2D eigenvalue weighted by molar-refractivity contribution is -0.145. The predicted molar refractivity (Wildman–Crippen MR) is 143 cm³/mol. The summed E-state index contributed by atoms with van der Waals surface area (Å²) >= 11 is 0. The van der Waals surface area contributed by atoms with E-state index in [0.29, 0.717) is 76.1 Å². The number of hydrogen-bond donors (Lipinski definition) is 1. The largest absolute Gasteiger partial charge is 0.481 e. The van der Waals surface area contributed by atoms with Gasteiger partial charge in [-0.1, -0.05) is 12.1 Å². The van der Waals surface area contributed by atoms with Gasteiger partial charge in [-0.2, -0.15) is 26.3 Å². The summed E-state index contributed by atoms with van der Waals surface area (Å²) in [5.74, 6) is -1.76. The van der Waals surface area contributed by atoms with Crippen LogP contribution in [0.25, 0.3) is 0 Å². The number of ketones is 1. The molecule has 1 atom stereocenters.